The molecule has 0 aliphatic heterocycles. The minimum absolute atomic E-state index is 0.519. The van der Waals surface area contributed by atoms with Gasteiger partial charge in [0.1, 0.15) is 0 Å². The molecule has 2 aliphatic rings. The van der Waals surface area contributed by atoms with Gasteiger partial charge in [-0.2, -0.15) is 0 Å². The maximum absolute atomic E-state index is 2.45. The molecule has 0 radical (unpaired) electrons. The fourth-order valence-corrected chi connectivity index (χ4v) is 4.82. The number of hydrogen-bond donors (Lipinski definition) is 0. The van der Waals surface area contributed by atoms with Crippen molar-refractivity contribution in [2.24, 2.45) is 5.92 Å². The van der Waals surface area contributed by atoms with Gasteiger partial charge in [-0.05, 0) is 55.1 Å². The summed E-state index contributed by atoms with van der Waals surface area (Å²) < 4.78 is 0. The van der Waals surface area contributed by atoms with E-state index in [0.717, 1.165) is 5.92 Å². The average molecular weight is 315 g/mol. The van der Waals surface area contributed by atoms with Crippen molar-refractivity contribution in [2.75, 3.05) is 0 Å². The molecule has 0 N–H and O–H groups in total. The molecule has 0 spiro atoms. The van der Waals surface area contributed by atoms with Crippen LogP contribution in [0.5, 0.6) is 0 Å². The Labute approximate surface area is 145 Å². The molecular formula is C23H38. The fourth-order valence-electron chi connectivity index (χ4n) is 4.82. The molecule has 1 aromatic carbocycles. The van der Waals surface area contributed by atoms with Gasteiger partial charge in [-0.1, -0.05) is 89.5 Å². The first-order chi connectivity index (χ1) is 11.1. The minimum atomic E-state index is 0.519. The summed E-state index contributed by atoms with van der Waals surface area (Å²) in [6.07, 6.45) is 15.5. The van der Waals surface area contributed by atoms with Crippen LogP contribution in [0.3, 0.4) is 0 Å². The molecule has 0 heteroatoms. The molecule has 0 heterocycles. The Hall–Kier alpha value is -0.780. The zero-order valence-corrected chi connectivity index (χ0v) is 16.1. The van der Waals surface area contributed by atoms with Gasteiger partial charge in [-0.3, -0.25) is 0 Å². The van der Waals surface area contributed by atoms with E-state index >= 15 is 0 Å². The lowest BCUT2D eigenvalue weighted by atomic mass is 9.74. The van der Waals surface area contributed by atoms with Crippen LogP contribution in [0.15, 0.2) is 18.2 Å². The maximum Gasteiger partial charge on any atom is -0.00412 e. The van der Waals surface area contributed by atoms with E-state index in [0.29, 0.717) is 5.41 Å². The molecule has 0 saturated heterocycles. The van der Waals surface area contributed by atoms with Gasteiger partial charge in [0.25, 0.3) is 0 Å². The first-order valence-electron chi connectivity index (χ1n) is 10.2. The molecule has 2 aliphatic carbocycles. The Kier molecular flexibility index (Phi) is 7.18. The van der Waals surface area contributed by atoms with Crippen LogP contribution in [0.1, 0.15) is 102 Å². The second kappa shape index (κ2) is 8.90. The number of hydrogen-bond acceptors (Lipinski definition) is 0. The van der Waals surface area contributed by atoms with Crippen LogP contribution in [0, 0.1) is 12.8 Å². The van der Waals surface area contributed by atoms with Gasteiger partial charge in [0.2, 0.25) is 0 Å². The largest absolute Gasteiger partial charge is 0.0654 e. The summed E-state index contributed by atoms with van der Waals surface area (Å²) in [4.78, 5) is 0. The highest BCUT2D eigenvalue weighted by Crippen LogP contribution is 2.45. The summed E-state index contributed by atoms with van der Waals surface area (Å²) in [6, 6.07) is 7.08. The lowest BCUT2D eigenvalue weighted by Gasteiger charge is -2.30. The van der Waals surface area contributed by atoms with Crippen LogP contribution in [0.4, 0.5) is 0 Å². The average Bonchev–Trinajstić information content (AvgIpc) is 2.88. The fraction of sp³-hybridized carbons (Fsp3) is 0.739. The molecule has 0 aromatic heterocycles. The molecule has 0 atom stereocenters. The van der Waals surface area contributed by atoms with Gasteiger partial charge in [0, 0.05) is 0 Å². The number of aryl methyl sites for hydroxylation is 2. The van der Waals surface area contributed by atoms with E-state index in [1.54, 1.807) is 11.1 Å². The molecular weight excluding hydrogens is 276 g/mol. The van der Waals surface area contributed by atoms with Crippen molar-refractivity contribution < 1.29 is 0 Å². The van der Waals surface area contributed by atoms with Gasteiger partial charge in [0.15, 0.2) is 0 Å². The Morgan fingerprint density at radius 3 is 2.17 bits per heavy atom. The predicted octanol–water partition coefficient (Wildman–Crippen LogP) is 7.37. The first-order valence-corrected chi connectivity index (χ1v) is 10.2. The maximum atomic E-state index is 2.45. The van der Waals surface area contributed by atoms with Gasteiger partial charge < -0.3 is 0 Å². The molecule has 1 fully saturated rings. The van der Waals surface area contributed by atoms with Crippen LogP contribution in [0.2, 0.25) is 0 Å². The summed E-state index contributed by atoms with van der Waals surface area (Å²) in [6.45, 7) is 9.23. The monoisotopic (exact) mass is 314 g/mol. The van der Waals surface area contributed by atoms with E-state index in [2.05, 4.69) is 45.9 Å². The number of benzene rings is 1. The molecule has 0 amide bonds. The SMILES string of the molecule is CC1CCCCC1.CCCC1(CCC)CCc2ccc(C)cc21. The van der Waals surface area contributed by atoms with E-state index in [1.165, 1.54) is 76.2 Å². The van der Waals surface area contributed by atoms with Crippen LogP contribution in [-0.4, -0.2) is 0 Å². The Balaban J connectivity index is 0.000000229. The van der Waals surface area contributed by atoms with Gasteiger partial charge >= 0.3 is 0 Å². The van der Waals surface area contributed by atoms with Crippen molar-refractivity contribution in [3.05, 3.63) is 34.9 Å². The number of rotatable bonds is 4. The van der Waals surface area contributed by atoms with Crippen LogP contribution in [-0.2, 0) is 11.8 Å². The summed E-state index contributed by atoms with van der Waals surface area (Å²) in [7, 11) is 0. The lowest BCUT2D eigenvalue weighted by molar-refractivity contribution is 0.354. The zero-order chi connectivity index (χ0) is 16.7. The second-order valence-electron chi connectivity index (χ2n) is 8.18. The molecule has 1 aromatic rings. The quantitative estimate of drug-likeness (QED) is 0.544. The highest BCUT2D eigenvalue weighted by Gasteiger charge is 2.36. The normalized spacial score (nSPS) is 19.8. The summed E-state index contributed by atoms with van der Waals surface area (Å²) in [5, 5.41) is 0. The van der Waals surface area contributed by atoms with Gasteiger partial charge in [-0.15, -0.1) is 0 Å². The number of fused-ring (bicyclic) bond motifs is 1. The molecule has 0 nitrogen and oxygen atoms in total. The zero-order valence-electron chi connectivity index (χ0n) is 16.1. The third-order valence-corrected chi connectivity index (χ3v) is 6.06. The van der Waals surface area contributed by atoms with Crippen molar-refractivity contribution >= 4 is 0 Å². The Morgan fingerprint density at radius 2 is 1.65 bits per heavy atom. The summed E-state index contributed by atoms with van der Waals surface area (Å²) >= 11 is 0. The Morgan fingerprint density at radius 1 is 1.00 bits per heavy atom. The highest BCUT2D eigenvalue weighted by molar-refractivity contribution is 5.41. The molecule has 3 rings (SSSR count). The van der Waals surface area contributed by atoms with Crippen molar-refractivity contribution in [3.8, 4) is 0 Å². The van der Waals surface area contributed by atoms with E-state index in [9.17, 15) is 0 Å². The minimum Gasteiger partial charge on any atom is -0.0654 e. The molecule has 0 bridgehead atoms. The third-order valence-electron chi connectivity index (χ3n) is 6.06. The van der Waals surface area contributed by atoms with E-state index in [-0.39, 0.29) is 0 Å². The summed E-state index contributed by atoms with van der Waals surface area (Å²) in [5.74, 6) is 1.04. The van der Waals surface area contributed by atoms with E-state index in [1.807, 2.05) is 0 Å². The highest BCUT2D eigenvalue weighted by atomic mass is 14.4. The second-order valence-corrected chi connectivity index (χ2v) is 8.18. The van der Waals surface area contributed by atoms with Crippen LogP contribution < -0.4 is 0 Å². The van der Waals surface area contributed by atoms with Gasteiger partial charge in [0.05, 0.1) is 0 Å². The molecule has 1 saturated carbocycles. The van der Waals surface area contributed by atoms with Crippen molar-refractivity contribution in [1.29, 1.82) is 0 Å². The van der Waals surface area contributed by atoms with Crippen molar-refractivity contribution in [1.82, 2.24) is 0 Å². The predicted molar refractivity (Wildman–Crippen MR) is 103 cm³/mol. The topological polar surface area (TPSA) is 0 Å². The van der Waals surface area contributed by atoms with Crippen LogP contribution >= 0.6 is 0 Å². The molecule has 130 valence electrons. The van der Waals surface area contributed by atoms with E-state index < -0.39 is 0 Å². The third kappa shape index (κ3) is 4.85. The van der Waals surface area contributed by atoms with Crippen molar-refractivity contribution in [3.63, 3.8) is 0 Å². The summed E-state index contributed by atoms with van der Waals surface area (Å²) in [5.41, 5.74) is 5.24. The smallest absolute Gasteiger partial charge is 0.00412 e. The first kappa shape index (κ1) is 18.6. The van der Waals surface area contributed by atoms with Crippen molar-refractivity contribution in [2.45, 2.75) is 104 Å². The van der Waals surface area contributed by atoms with Gasteiger partial charge in [-0.25, -0.2) is 0 Å². The molecule has 0 unspecified atom stereocenters. The lowest BCUT2D eigenvalue weighted by Crippen LogP contribution is -2.22. The van der Waals surface area contributed by atoms with Crippen LogP contribution in [0.25, 0.3) is 0 Å². The standard InChI is InChI=1S/C16H24.C7H14/c1-4-9-16(10-5-2)11-8-14-7-6-13(3)12-15(14)16;1-7-5-3-2-4-6-7/h6-7,12H,4-5,8-11H2,1-3H3;7H,2-6H2,1H3. The van der Waals surface area contributed by atoms with E-state index in [4.69, 9.17) is 0 Å². The molecule has 23 heavy (non-hydrogen) atoms. The Bertz CT molecular complexity index is 453.